The molecular formula is C39H45N10O2+3. The van der Waals surface area contributed by atoms with Crippen molar-refractivity contribution in [3.8, 4) is 0 Å². The molecule has 6 rings (SSSR count). The Morgan fingerprint density at radius 3 is 2.14 bits per heavy atom. The minimum Gasteiger partial charge on any atom is -0.396 e. The number of benzene rings is 3. The van der Waals surface area contributed by atoms with Crippen LogP contribution in [0.1, 0.15) is 6.42 Å². The lowest BCUT2D eigenvalue weighted by molar-refractivity contribution is -0.999. The number of anilines is 3. The smallest absolute Gasteiger partial charge is 0.350 e. The molecule has 0 amide bonds. The normalized spacial score (nSPS) is 13.9. The van der Waals surface area contributed by atoms with Crippen molar-refractivity contribution in [2.75, 3.05) is 49.6 Å². The maximum absolute atomic E-state index is 9.41. The van der Waals surface area contributed by atoms with Crippen molar-refractivity contribution >= 4 is 39.9 Å². The lowest BCUT2D eigenvalue weighted by Crippen LogP contribution is -3.18. The van der Waals surface area contributed by atoms with E-state index in [4.69, 9.17) is 0 Å². The third kappa shape index (κ3) is 10.3. The van der Waals surface area contributed by atoms with Crippen LogP contribution in [0.4, 0.5) is 39.9 Å². The summed E-state index contributed by atoms with van der Waals surface area (Å²) < 4.78 is 4.25. The number of nitrogens with one attached hydrogen (secondary N) is 2. The predicted molar refractivity (Wildman–Crippen MR) is 197 cm³/mol. The number of aliphatic hydroxyl groups excluding tert-OH is 2. The molecule has 0 spiro atoms. The van der Waals surface area contributed by atoms with Gasteiger partial charge in [-0.2, -0.15) is 14.7 Å². The van der Waals surface area contributed by atoms with Crippen LogP contribution in [-0.4, -0.2) is 54.6 Å². The van der Waals surface area contributed by atoms with Crippen molar-refractivity contribution in [3.63, 3.8) is 0 Å². The third-order valence-corrected chi connectivity index (χ3v) is 8.43. The van der Waals surface area contributed by atoms with Crippen molar-refractivity contribution in [1.29, 1.82) is 0 Å². The molecule has 5 aromatic rings. The van der Waals surface area contributed by atoms with E-state index in [-0.39, 0.29) is 13.2 Å². The molecule has 0 aliphatic carbocycles. The first kappa shape index (κ1) is 35.0. The lowest BCUT2D eigenvalue weighted by atomic mass is 10.2. The van der Waals surface area contributed by atoms with E-state index in [0.717, 1.165) is 66.1 Å². The average molecular weight is 686 g/mol. The van der Waals surface area contributed by atoms with Gasteiger partial charge in [-0.05, 0) is 84.3 Å². The topological polar surface area (TPSA) is 121 Å². The van der Waals surface area contributed by atoms with Gasteiger partial charge in [0.05, 0.1) is 23.6 Å². The van der Waals surface area contributed by atoms with Gasteiger partial charge in [0.25, 0.3) is 0 Å². The minimum absolute atomic E-state index is 0.0548. The molecule has 1 aliphatic heterocycles. The van der Waals surface area contributed by atoms with E-state index in [1.807, 2.05) is 126 Å². The van der Waals surface area contributed by atoms with Crippen LogP contribution in [0.3, 0.4) is 0 Å². The van der Waals surface area contributed by atoms with Gasteiger partial charge in [0.15, 0.2) is 25.5 Å². The van der Waals surface area contributed by atoms with Gasteiger partial charge in [-0.25, -0.2) is 9.58 Å². The first-order valence-electron chi connectivity index (χ1n) is 17.3. The van der Waals surface area contributed by atoms with Gasteiger partial charge < -0.3 is 20.4 Å². The molecule has 12 heteroatoms. The summed E-state index contributed by atoms with van der Waals surface area (Å²) in [7, 11) is 0. The molecule has 0 fully saturated rings. The Kier molecular flexibility index (Phi) is 12.5. The van der Waals surface area contributed by atoms with Crippen LogP contribution in [0.15, 0.2) is 161 Å². The molecule has 0 bridgehead atoms. The highest BCUT2D eigenvalue weighted by Gasteiger charge is 2.25. The Balaban J connectivity index is 0.975. The number of rotatable bonds is 18. The van der Waals surface area contributed by atoms with Crippen molar-refractivity contribution in [1.82, 2.24) is 5.01 Å². The monoisotopic (exact) mass is 685 g/mol. The van der Waals surface area contributed by atoms with E-state index in [9.17, 15) is 10.2 Å². The van der Waals surface area contributed by atoms with Crippen LogP contribution in [-0.2, 0) is 13.1 Å². The maximum Gasteiger partial charge on any atom is 0.350 e. The second-order valence-electron chi connectivity index (χ2n) is 12.0. The van der Waals surface area contributed by atoms with Gasteiger partial charge in [-0.3, -0.25) is 0 Å². The molecule has 4 N–H and O–H groups in total. The third-order valence-electron chi connectivity index (χ3n) is 8.43. The molecule has 2 aromatic heterocycles. The van der Waals surface area contributed by atoms with E-state index in [1.165, 1.54) is 5.01 Å². The summed E-state index contributed by atoms with van der Waals surface area (Å²) in [5.41, 5.74) is 5.36. The van der Waals surface area contributed by atoms with Gasteiger partial charge >= 0.3 is 5.82 Å². The van der Waals surface area contributed by atoms with Crippen LogP contribution < -0.4 is 24.4 Å². The van der Waals surface area contributed by atoms with Gasteiger partial charge in [-0.15, -0.1) is 5.11 Å². The highest BCUT2D eigenvalue weighted by atomic mass is 16.3. The summed E-state index contributed by atoms with van der Waals surface area (Å²) in [6.45, 7) is 4.67. The molecule has 3 aromatic carbocycles. The second kappa shape index (κ2) is 18.3. The lowest BCUT2D eigenvalue weighted by Gasteiger charge is -2.32. The number of aromatic nitrogens is 2. The fourth-order valence-corrected chi connectivity index (χ4v) is 5.65. The Bertz CT molecular complexity index is 1900. The van der Waals surface area contributed by atoms with E-state index in [1.54, 1.807) is 0 Å². The zero-order chi connectivity index (χ0) is 35.1. The molecule has 3 heterocycles. The molecular weight excluding hydrogens is 640 g/mol. The molecule has 0 radical (unpaired) electrons. The van der Waals surface area contributed by atoms with E-state index in [2.05, 4.69) is 58.5 Å². The number of pyridine rings is 2. The summed E-state index contributed by atoms with van der Waals surface area (Å²) in [5, 5.41) is 43.5. The van der Waals surface area contributed by atoms with Crippen molar-refractivity contribution in [2.24, 2.45) is 20.5 Å². The zero-order valence-corrected chi connectivity index (χ0v) is 28.6. The predicted octanol–water partition coefficient (Wildman–Crippen LogP) is 5.30. The van der Waals surface area contributed by atoms with Gasteiger partial charge in [0.1, 0.15) is 36.9 Å². The van der Waals surface area contributed by atoms with E-state index in [0.29, 0.717) is 19.5 Å². The Morgan fingerprint density at radius 2 is 1.39 bits per heavy atom. The number of azo groups is 2. The molecule has 0 saturated heterocycles. The summed E-state index contributed by atoms with van der Waals surface area (Å²) in [6, 6.07) is 35.7. The highest BCUT2D eigenvalue weighted by Crippen LogP contribution is 2.23. The van der Waals surface area contributed by atoms with Crippen LogP contribution in [0.25, 0.3) is 0 Å². The largest absolute Gasteiger partial charge is 0.396 e. The van der Waals surface area contributed by atoms with Crippen LogP contribution in [0, 0.1) is 0 Å². The quantitative estimate of drug-likeness (QED) is 0.0737. The molecule has 0 saturated carbocycles. The SMILES string of the molecule is OCCCN(CCO)c1ccc(N=Nc2cccc[n+]2CCN2C=C[NH+]2CC[n+]2cccc(N=Nc3ccc(Nc4ccccc4)cc3)c2)cc1. The molecule has 1 aliphatic rings. The van der Waals surface area contributed by atoms with Crippen molar-refractivity contribution in [2.45, 2.75) is 19.5 Å². The van der Waals surface area contributed by atoms with Crippen LogP contribution in [0.5, 0.6) is 0 Å². The highest BCUT2D eigenvalue weighted by molar-refractivity contribution is 5.61. The van der Waals surface area contributed by atoms with Crippen molar-refractivity contribution < 1.29 is 24.4 Å². The van der Waals surface area contributed by atoms with Gasteiger partial charge in [0, 0.05) is 48.9 Å². The van der Waals surface area contributed by atoms with Crippen LogP contribution in [0.2, 0.25) is 0 Å². The van der Waals surface area contributed by atoms with E-state index >= 15 is 0 Å². The van der Waals surface area contributed by atoms with E-state index < -0.39 is 0 Å². The fraction of sp³-hybridized carbons (Fsp3) is 0.231. The number of hydrogen-bond donors (Lipinski definition) is 4. The number of hydrogen-bond acceptors (Lipinski definition) is 9. The number of nitrogens with zero attached hydrogens (tertiary/aromatic N) is 8. The first-order valence-corrected chi connectivity index (χ1v) is 17.3. The van der Waals surface area contributed by atoms with Crippen molar-refractivity contribution in [3.05, 3.63) is 140 Å². The second-order valence-corrected chi connectivity index (χ2v) is 12.0. The molecule has 260 valence electrons. The van der Waals surface area contributed by atoms with Gasteiger partial charge in [0.2, 0.25) is 0 Å². The fourth-order valence-electron chi connectivity index (χ4n) is 5.65. The van der Waals surface area contributed by atoms with Crippen LogP contribution >= 0.6 is 0 Å². The zero-order valence-electron chi connectivity index (χ0n) is 28.6. The Hall–Kier alpha value is -5.82. The first-order chi connectivity index (χ1) is 25.2. The number of quaternary nitrogens is 1. The minimum atomic E-state index is 0.0548. The number of para-hydroxylation sites is 1. The maximum atomic E-state index is 9.41. The molecule has 12 nitrogen and oxygen atoms in total. The summed E-state index contributed by atoms with van der Waals surface area (Å²) in [4.78, 5) is 2.05. The summed E-state index contributed by atoms with van der Waals surface area (Å²) in [6.07, 6.45) is 11.1. The molecule has 1 unspecified atom stereocenters. The average Bonchev–Trinajstić information content (AvgIpc) is 3.16. The summed E-state index contributed by atoms with van der Waals surface area (Å²) >= 11 is 0. The van der Waals surface area contributed by atoms with Gasteiger partial charge in [-0.1, -0.05) is 24.3 Å². The summed E-state index contributed by atoms with van der Waals surface area (Å²) in [5.74, 6) is 0.777. The molecule has 1 atom stereocenters. The Morgan fingerprint density at radius 1 is 0.667 bits per heavy atom. The Labute approximate surface area is 298 Å². The molecule has 51 heavy (non-hydrogen) atoms. The standard InChI is InChI=1S/C39H44N10O2/c50-30-7-22-46(29-31-51)38-18-16-36(17-19-38)42-44-39-11-4-5-21-47(39)24-26-49-28-27-48(49)25-23-45-20-6-10-37(32-45)43-41-35-14-12-34(13-15-35)40-33-8-2-1-3-9-33/h1-6,8-21,27-28,32,40,50-51H,7,22-26,29-31H2/q+2/p+1. The number of aliphatic hydroxyl groups is 2.